The summed E-state index contributed by atoms with van der Waals surface area (Å²) in [5.41, 5.74) is 7.83. The van der Waals surface area contributed by atoms with Gasteiger partial charge in [-0.2, -0.15) is 0 Å². The van der Waals surface area contributed by atoms with Crippen LogP contribution in [-0.2, 0) is 0 Å². The van der Waals surface area contributed by atoms with E-state index in [9.17, 15) is 0 Å². The first-order chi connectivity index (χ1) is 11.4. The van der Waals surface area contributed by atoms with E-state index in [2.05, 4.69) is 27.2 Å². The van der Waals surface area contributed by atoms with Crippen LogP contribution < -0.4 is 20.9 Å². The van der Waals surface area contributed by atoms with Crippen LogP contribution in [0.15, 0.2) is 54.9 Å². The highest BCUT2D eigenvalue weighted by Crippen LogP contribution is 2.23. The normalized spacial score (nSPS) is 19.7. The van der Waals surface area contributed by atoms with Crippen molar-refractivity contribution in [3.8, 4) is 5.75 Å². The number of nitrogens with zero attached hydrogens (tertiary/aromatic N) is 1. The van der Waals surface area contributed by atoms with Gasteiger partial charge in [-0.1, -0.05) is 24.3 Å². The molecule has 1 aromatic heterocycles. The molecule has 0 spiro atoms. The smallest absolute Gasteiger partial charge is 0.119 e. The van der Waals surface area contributed by atoms with Gasteiger partial charge in [0.25, 0.3) is 0 Å². The zero-order valence-electron chi connectivity index (χ0n) is 13.7. The Morgan fingerprint density at radius 3 is 2.83 bits per heavy atom. The van der Waals surface area contributed by atoms with E-state index in [-0.39, 0.29) is 12.4 Å². The monoisotopic (exact) mass is 348 g/mol. The number of ether oxygens (including phenoxy) is 1. The van der Waals surface area contributed by atoms with Gasteiger partial charge in [0.1, 0.15) is 5.75 Å². The molecule has 0 saturated carbocycles. The number of nitrogens with one attached hydrogen (secondary N) is 3. The predicted octanol–water partition coefficient (Wildman–Crippen LogP) is 2.33. The number of para-hydroxylation sites is 1. The summed E-state index contributed by atoms with van der Waals surface area (Å²) in [5, 5.41) is 3.53. The summed E-state index contributed by atoms with van der Waals surface area (Å²) in [6, 6.07) is 14.4. The molecule has 0 radical (unpaired) electrons. The topological polar surface area (TPSA) is 58.2 Å². The molecule has 3 rings (SSSR count). The van der Waals surface area contributed by atoms with Crippen molar-refractivity contribution < 1.29 is 4.74 Å². The number of benzene rings is 1. The number of hydrazine groups is 1. The minimum absolute atomic E-state index is 0. The average Bonchev–Trinajstić information content (AvgIpc) is 3.08. The first-order valence-electron chi connectivity index (χ1n) is 8.20. The summed E-state index contributed by atoms with van der Waals surface area (Å²) < 4.78 is 5.70. The maximum atomic E-state index is 5.70. The Hall–Kier alpha value is -1.66. The molecule has 3 N–H and O–H groups in total. The molecular formula is C18H25ClN4O. The Balaban J connectivity index is 0.00000208. The molecule has 2 atom stereocenters. The fourth-order valence-electron chi connectivity index (χ4n) is 2.83. The van der Waals surface area contributed by atoms with Crippen molar-refractivity contribution in [3.05, 3.63) is 60.4 Å². The van der Waals surface area contributed by atoms with E-state index in [1.807, 2.05) is 48.8 Å². The zero-order valence-corrected chi connectivity index (χ0v) is 14.5. The summed E-state index contributed by atoms with van der Waals surface area (Å²) in [4.78, 5) is 4.21. The Morgan fingerprint density at radius 2 is 2.04 bits per heavy atom. The lowest BCUT2D eigenvalue weighted by molar-refractivity contribution is 0.305. The molecule has 1 aliphatic rings. The molecular weight excluding hydrogens is 324 g/mol. The Bertz CT molecular complexity index is 570. The summed E-state index contributed by atoms with van der Waals surface area (Å²) in [6.45, 7) is 3.64. The predicted molar refractivity (Wildman–Crippen MR) is 98.3 cm³/mol. The van der Waals surface area contributed by atoms with Crippen LogP contribution in [0.25, 0.3) is 0 Å². The maximum absolute atomic E-state index is 5.70. The molecule has 6 heteroatoms. The molecule has 2 unspecified atom stereocenters. The van der Waals surface area contributed by atoms with E-state index < -0.39 is 0 Å². The second-order valence-corrected chi connectivity index (χ2v) is 5.77. The standard InChI is InChI=1S/C18H24N4O.ClH/c1-2-7-17(8-3-1)23-11-5-10-20-13-16-14-21-22-18(16)15-6-4-9-19-12-15;/h1-4,6-9,12,16,18,20-22H,5,10-11,13-14H2;1H. The average molecular weight is 349 g/mol. The summed E-state index contributed by atoms with van der Waals surface area (Å²) in [6.07, 6.45) is 4.75. The fraction of sp³-hybridized carbons (Fsp3) is 0.389. The van der Waals surface area contributed by atoms with Gasteiger partial charge in [-0.15, -0.1) is 12.4 Å². The second kappa shape index (κ2) is 10.3. The minimum atomic E-state index is 0. The van der Waals surface area contributed by atoms with Crippen molar-refractivity contribution in [2.24, 2.45) is 5.92 Å². The van der Waals surface area contributed by atoms with E-state index in [0.29, 0.717) is 12.0 Å². The number of hydrogen-bond acceptors (Lipinski definition) is 5. The molecule has 1 aliphatic heterocycles. The molecule has 5 nitrogen and oxygen atoms in total. The Kier molecular flexibility index (Phi) is 7.98. The number of pyridine rings is 1. The van der Waals surface area contributed by atoms with Crippen LogP contribution in [0.1, 0.15) is 18.0 Å². The van der Waals surface area contributed by atoms with Crippen molar-refractivity contribution >= 4 is 12.4 Å². The summed E-state index contributed by atoms with van der Waals surface area (Å²) in [5.74, 6) is 1.46. The van der Waals surface area contributed by atoms with Gasteiger partial charge in [-0.3, -0.25) is 10.4 Å². The molecule has 0 amide bonds. The lowest BCUT2D eigenvalue weighted by atomic mass is 9.96. The minimum Gasteiger partial charge on any atom is -0.494 e. The molecule has 130 valence electrons. The van der Waals surface area contributed by atoms with Crippen LogP contribution in [0.3, 0.4) is 0 Å². The first kappa shape index (κ1) is 18.7. The molecule has 0 bridgehead atoms. The van der Waals surface area contributed by atoms with E-state index in [0.717, 1.165) is 38.4 Å². The zero-order chi connectivity index (χ0) is 15.7. The number of halogens is 1. The van der Waals surface area contributed by atoms with E-state index in [1.54, 1.807) is 0 Å². The molecule has 2 heterocycles. The second-order valence-electron chi connectivity index (χ2n) is 5.77. The quantitative estimate of drug-likeness (QED) is 0.639. The van der Waals surface area contributed by atoms with Crippen molar-refractivity contribution in [1.82, 2.24) is 21.2 Å². The Morgan fingerprint density at radius 1 is 1.17 bits per heavy atom. The van der Waals surface area contributed by atoms with Gasteiger partial charge < -0.3 is 10.1 Å². The third-order valence-corrected chi connectivity index (χ3v) is 4.05. The van der Waals surface area contributed by atoms with Gasteiger partial charge in [-0.05, 0) is 36.7 Å². The van der Waals surface area contributed by atoms with Gasteiger partial charge in [-0.25, -0.2) is 5.43 Å². The maximum Gasteiger partial charge on any atom is 0.119 e. The van der Waals surface area contributed by atoms with Gasteiger partial charge >= 0.3 is 0 Å². The van der Waals surface area contributed by atoms with Crippen molar-refractivity contribution in [2.75, 3.05) is 26.2 Å². The lowest BCUT2D eigenvalue weighted by Gasteiger charge is -2.19. The number of aromatic nitrogens is 1. The van der Waals surface area contributed by atoms with E-state index in [1.165, 1.54) is 5.56 Å². The lowest BCUT2D eigenvalue weighted by Crippen LogP contribution is -2.29. The highest BCUT2D eigenvalue weighted by atomic mass is 35.5. The van der Waals surface area contributed by atoms with Gasteiger partial charge in [0.05, 0.1) is 12.6 Å². The largest absolute Gasteiger partial charge is 0.494 e. The van der Waals surface area contributed by atoms with Gasteiger partial charge in [0, 0.05) is 31.4 Å². The number of hydrogen-bond donors (Lipinski definition) is 3. The summed E-state index contributed by atoms with van der Waals surface area (Å²) >= 11 is 0. The SMILES string of the molecule is Cl.c1ccc(OCCCNCC2CNNC2c2cccnc2)cc1. The van der Waals surface area contributed by atoms with Crippen molar-refractivity contribution in [1.29, 1.82) is 0 Å². The summed E-state index contributed by atoms with van der Waals surface area (Å²) in [7, 11) is 0. The van der Waals surface area contributed by atoms with Crippen LogP contribution in [0.4, 0.5) is 0 Å². The highest BCUT2D eigenvalue weighted by molar-refractivity contribution is 5.85. The Labute approximate surface area is 149 Å². The molecule has 24 heavy (non-hydrogen) atoms. The molecule has 1 fully saturated rings. The van der Waals surface area contributed by atoms with Gasteiger partial charge in [0.15, 0.2) is 0 Å². The van der Waals surface area contributed by atoms with E-state index in [4.69, 9.17) is 4.74 Å². The molecule has 1 aromatic carbocycles. The molecule has 2 aromatic rings. The van der Waals surface area contributed by atoms with Gasteiger partial charge in [0.2, 0.25) is 0 Å². The van der Waals surface area contributed by atoms with Crippen LogP contribution >= 0.6 is 12.4 Å². The van der Waals surface area contributed by atoms with Crippen molar-refractivity contribution in [3.63, 3.8) is 0 Å². The van der Waals surface area contributed by atoms with Crippen LogP contribution in [0.5, 0.6) is 5.75 Å². The highest BCUT2D eigenvalue weighted by Gasteiger charge is 2.27. The van der Waals surface area contributed by atoms with Crippen LogP contribution in [0.2, 0.25) is 0 Å². The fourth-order valence-corrected chi connectivity index (χ4v) is 2.83. The third-order valence-electron chi connectivity index (χ3n) is 4.05. The molecule has 0 aliphatic carbocycles. The van der Waals surface area contributed by atoms with Crippen LogP contribution in [0, 0.1) is 5.92 Å². The molecule has 1 saturated heterocycles. The van der Waals surface area contributed by atoms with Crippen LogP contribution in [-0.4, -0.2) is 31.2 Å². The number of rotatable bonds is 8. The van der Waals surface area contributed by atoms with Crippen molar-refractivity contribution in [2.45, 2.75) is 12.5 Å². The van der Waals surface area contributed by atoms with E-state index >= 15 is 0 Å². The third kappa shape index (κ3) is 5.46. The first-order valence-corrected chi connectivity index (χ1v) is 8.20.